The maximum atomic E-state index is 13.9. The summed E-state index contributed by atoms with van der Waals surface area (Å²) < 4.78 is 31.4. The van der Waals surface area contributed by atoms with Crippen LogP contribution in [0.15, 0.2) is 124 Å². The number of anilines is 1. The van der Waals surface area contributed by atoms with Crippen LogP contribution in [-0.4, -0.2) is 34.0 Å². The van der Waals surface area contributed by atoms with Gasteiger partial charge in [-0.1, -0.05) is 102 Å². The van der Waals surface area contributed by atoms with Crippen LogP contribution >= 0.6 is 0 Å². The Morgan fingerprint density at radius 2 is 1.36 bits per heavy atom. The van der Waals surface area contributed by atoms with Crippen molar-refractivity contribution < 1.29 is 8.42 Å². The number of nitrogens with zero attached hydrogens (tertiary/aromatic N) is 4. The van der Waals surface area contributed by atoms with Crippen molar-refractivity contribution in [2.75, 3.05) is 4.57 Å². The molecule has 0 bridgehead atoms. The second-order valence-corrected chi connectivity index (χ2v) is 13.2. The van der Waals surface area contributed by atoms with Gasteiger partial charge in [0.1, 0.15) is 6.04 Å². The van der Waals surface area contributed by atoms with E-state index in [0.717, 1.165) is 16.8 Å². The average molecular weight is 510 g/mol. The van der Waals surface area contributed by atoms with Gasteiger partial charge in [0.15, 0.2) is 6.17 Å². The summed E-state index contributed by atoms with van der Waals surface area (Å²) in [6.07, 6.45) is 0.0833. The van der Waals surface area contributed by atoms with Gasteiger partial charge in [-0.25, -0.2) is 0 Å². The van der Waals surface area contributed by atoms with E-state index in [-0.39, 0.29) is 10.9 Å². The van der Waals surface area contributed by atoms with Crippen LogP contribution in [0.2, 0.25) is 0 Å². The van der Waals surface area contributed by atoms with Crippen molar-refractivity contribution in [2.45, 2.75) is 30.4 Å². The van der Waals surface area contributed by atoms with E-state index in [1.165, 1.54) is 14.8 Å². The Kier molecular flexibility index (Phi) is 5.70. The van der Waals surface area contributed by atoms with Gasteiger partial charge in [0.05, 0.1) is 4.90 Å². The Labute approximate surface area is 213 Å². The molecule has 2 heterocycles. The molecular weight excluding hydrogens is 484 g/mol. The van der Waals surface area contributed by atoms with Gasteiger partial charge in [0.25, 0.3) is 10.0 Å². The van der Waals surface area contributed by atoms with Crippen LogP contribution in [0, 0.1) is 6.92 Å². The topological polar surface area (TPSA) is 65.3 Å². The van der Waals surface area contributed by atoms with E-state index in [9.17, 15) is 8.42 Å². The zero-order chi connectivity index (χ0) is 24.7. The Morgan fingerprint density at radius 3 is 2.00 bits per heavy atom. The minimum atomic E-state index is -3.91. The number of aryl methyl sites for hydroxylation is 1. The van der Waals surface area contributed by atoms with Crippen molar-refractivity contribution in [2.24, 2.45) is 10.3 Å². The first kappa shape index (κ1) is 22.7. The largest absolute Gasteiger partial charge is 0.366 e. The highest BCUT2D eigenvalue weighted by Gasteiger charge is 2.50. The quantitative estimate of drug-likeness (QED) is 0.383. The third-order valence-electron chi connectivity index (χ3n) is 6.70. The van der Waals surface area contributed by atoms with Crippen molar-refractivity contribution >= 4 is 35.0 Å². The Balaban J connectivity index is 1.55. The molecule has 8 heteroatoms. The van der Waals surface area contributed by atoms with Gasteiger partial charge in [-0.3, -0.25) is 0 Å². The van der Waals surface area contributed by atoms with Crippen molar-refractivity contribution in [1.29, 1.82) is 0 Å². The third kappa shape index (κ3) is 3.82. The monoisotopic (exact) mass is 509 g/mol. The molecule has 0 saturated carbocycles. The molecule has 36 heavy (non-hydrogen) atoms. The van der Waals surface area contributed by atoms with Crippen molar-refractivity contribution in [3.8, 4) is 0 Å². The lowest BCUT2D eigenvalue weighted by Gasteiger charge is -2.45. The highest BCUT2D eigenvalue weighted by Crippen LogP contribution is 2.39. The van der Waals surface area contributed by atoms with E-state index >= 15 is 0 Å². The molecule has 4 aromatic rings. The molecule has 4 aromatic carbocycles. The first-order valence-corrected chi connectivity index (χ1v) is 14.8. The van der Waals surface area contributed by atoms with Gasteiger partial charge < -0.3 is 4.57 Å². The van der Waals surface area contributed by atoms with Crippen molar-refractivity contribution in [3.05, 3.63) is 120 Å². The predicted molar refractivity (Wildman–Crippen MR) is 143 cm³/mol. The maximum absolute atomic E-state index is 13.9. The molecule has 2 aliphatic heterocycles. The molecule has 1 radical (unpaired) electrons. The van der Waals surface area contributed by atoms with Gasteiger partial charge in [-0.05, 0) is 41.1 Å². The summed E-state index contributed by atoms with van der Waals surface area (Å²) in [6, 6.07) is 35.6. The second-order valence-electron chi connectivity index (χ2n) is 9.06. The number of hydrogen-bond acceptors (Lipinski definition) is 5. The lowest BCUT2D eigenvalue weighted by Crippen LogP contribution is -2.67. The fourth-order valence-corrected chi connectivity index (χ4v) is 9.33. The summed E-state index contributed by atoms with van der Waals surface area (Å²) in [7, 11) is -5.55. The smallest absolute Gasteiger partial charge is 0.282 e. The van der Waals surface area contributed by atoms with Gasteiger partial charge in [-0.15, -0.1) is 4.41 Å². The van der Waals surface area contributed by atoms with Crippen LogP contribution in [0.5, 0.6) is 0 Å². The van der Waals surface area contributed by atoms with E-state index < -0.39 is 25.1 Å². The Hall–Kier alpha value is -3.75. The zero-order valence-corrected chi connectivity index (χ0v) is 21.6. The summed E-state index contributed by atoms with van der Waals surface area (Å²) in [5.74, 6) is 0. The molecule has 0 fully saturated rings. The Bertz CT molecular complexity index is 1470. The molecule has 2 aliphatic rings. The standard InChI is InChI=1S/C28H25N4O2SSi/c1-21-16-18-23(19-17-21)35(33,34)32-28-26(29-30-32)20-22-10-8-9-15-27(22)31(28)36(24-11-4-2-5-12-24)25-13-6-3-7-14-25/h2-19,26,28H,20H2,1H3. The van der Waals surface area contributed by atoms with Crippen molar-refractivity contribution in [3.63, 3.8) is 0 Å². The molecular formula is C28H25N4O2SSi. The zero-order valence-electron chi connectivity index (χ0n) is 19.8. The van der Waals surface area contributed by atoms with E-state index in [2.05, 4.69) is 51.3 Å². The van der Waals surface area contributed by atoms with Crippen LogP contribution in [-0.2, 0) is 16.4 Å². The number of sulfonamides is 1. The average Bonchev–Trinajstić information content (AvgIpc) is 3.34. The summed E-state index contributed by atoms with van der Waals surface area (Å²) in [4.78, 5) is 0.222. The first-order chi connectivity index (χ1) is 17.5. The second kappa shape index (κ2) is 9.04. The highest BCUT2D eigenvalue weighted by atomic mass is 32.2. The summed E-state index contributed by atoms with van der Waals surface area (Å²) in [5, 5.41) is 11.2. The van der Waals surface area contributed by atoms with Crippen LogP contribution in [0.1, 0.15) is 11.1 Å². The number of para-hydroxylation sites is 1. The van der Waals surface area contributed by atoms with E-state index in [1.807, 2.05) is 67.6 Å². The lowest BCUT2D eigenvalue weighted by molar-refractivity contribution is 0.344. The molecule has 0 aromatic heterocycles. The minimum absolute atomic E-state index is 0.222. The SMILES string of the molecule is Cc1ccc(S(=O)(=O)N2N=NC3Cc4ccccc4N([Si](c4ccccc4)c4ccccc4)C32)cc1. The van der Waals surface area contributed by atoms with Crippen LogP contribution in [0.3, 0.4) is 0 Å². The Morgan fingerprint density at radius 1 is 0.778 bits per heavy atom. The molecule has 2 unspecified atom stereocenters. The fraction of sp³-hybridized carbons (Fsp3) is 0.143. The van der Waals surface area contributed by atoms with Crippen LogP contribution in [0.25, 0.3) is 0 Å². The molecule has 6 nitrogen and oxygen atoms in total. The van der Waals surface area contributed by atoms with E-state index in [4.69, 9.17) is 0 Å². The molecule has 0 saturated heterocycles. The molecule has 0 amide bonds. The summed E-state index contributed by atoms with van der Waals surface area (Å²) in [6.45, 7) is 1.94. The predicted octanol–water partition coefficient (Wildman–Crippen LogP) is 3.93. The number of hydrogen-bond donors (Lipinski definition) is 0. The molecule has 179 valence electrons. The molecule has 2 atom stereocenters. The van der Waals surface area contributed by atoms with Gasteiger partial charge in [-0.2, -0.15) is 13.5 Å². The van der Waals surface area contributed by atoms with E-state index in [1.54, 1.807) is 12.1 Å². The summed E-state index contributed by atoms with van der Waals surface area (Å²) >= 11 is 0. The number of fused-ring (bicyclic) bond motifs is 2. The minimum Gasteiger partial charge on any atom is -0.366 e. The lowest BCUT2D eigenvalue weighted by atomic mass is 9.98. The van der Waals surface area contributed by atoms with Crippen molar-refractivity contribution in [1.82, 2.24) is 4.41 Å². The van der Waals surface area contributed by atoms with Gasteiger partial charge in [0, 0.05) is 12.1 Å². The first-order valence-electron chi connectivity index (χ1n) is 11.9. The molecule has 0 aliphatic carbocycles. The molecule has 0 spiro atoms. The van der Waals surface area contributed by atoms with E-state index in [0.29, 0.717) is 6.42 Å². The molecule has 6 rings (SSSR count). The maximum Gasteiger partial charge on any atom is 0.282 e. The van der Waals surface area contributed by atoms with Gasteiger partial charge in [0.2, 0.25) is 8.96 Å². The molecule has 0 N–H and O–H groups in total. The van der Waals surface area contributed by atoms with Crippen LogP contribution in [0.4, 0.5) is 5.69 Å². The normalized spacial score (nSPS) is 18.8. The third-order valence-corrected chi connectivity index (χ3v) is 11.1. The summed E-state index contributed by atoms with van der Waals surface area (Å²) in [5.41, 5.74) is 3.19. The van der Waals surface area contributed by atoms with Crippen LogP contribution < -0.4 is 14.9 Å². The highest BCUT2D eigenvalue weighted by molar-refractivity contribution is 7.89. The fourth-order valence-electron chi connectivity index (χ4n) is 4.98. The number of benzene rings is 4. The van der Waals surface area contributed by atoms with Gasteiger partial charge >= 0.3 is 0 Å². The number of rotatable bonds is 5.